The molecule has 1 fully saturated rings. The van der Waals surface area contributed by atoms with Crippen LogP contribution >= 0.6 is 7.94 Å². The first-order valence-electron chi connectivity index (χ1n) is 6.70. The standard InChI is InChI=1S/C11H18N5O5P/c1-22(18,19)20-3-7-6(17)2-8(21-7)16-5-15-9-10(12)13-4-14-11(9)16/h4-8,17-19,22H,2-3H2,1H3,(H2,12,13,14)/t6?,7-,8-/m1/s1. The van der Waals surface area contributed by atoms with E-state index in [0.29, 0.717) is 17.6 Å². The average Bonchev–Trinajstić information content (AvgIpc) is 3.00. The van der Waals surface area contributed by atoms with Gasteiger partial charge in [-0.15, -0.1) is 0 Å². The summed E-state index contributed by atoms with van der Waals surface area (Å²) in [6.07, 6.45) is 1.21. The van der Waals surface area contributed by atoms with Crippen molar-refractivity contribution in [2.75, 3.05) is 19.0 Å². The number of nitrogens with two attached hydrogens (primary N) is 1. The number of anilines is 1. The molecule has 0 aromatic carbocycles. The number of imidazole rings is 1. The van der Waals surface area contributed by atoms with Crippen molar-refractivity contribution in [3.63, 3.8) is 0 Å². The van der Waals surface area contributed by atoms with E-state index in [1.54, 1.807) is 4.57 Å². The Balaban J connectivity index is 1.77. The van der Waals surface area contributed by atoms with Crippen LogP contribution in [0.3, 0.4) is 0 Å². The summed E-state index contributed by atoms with van der Waals surface area (Å²) in [4.78, 5) is 30.7. The Bertz CT molecular complexity index is 674. The number of fused-ring (bicyclic) bond motifs is 1. The third-order valence-electron chi connectivity index (χ3n) is 3.42. The molecule has 122 valence electrons. The van der Waals surface area contributed by atoms with E-state index in [4.69, 9.17) is 15.0 Å². The van der Waals surface area contributed by atoms with E-state index in [1.165, 1.54) is 19.3 Å². The molecule has 3 heterocycles. The molecule has 1 saturated heterocycles. The van der Waals surface area contributed by atoms with Gasteiger partial charge in [0.1, 0.15) is 0 Å². The fourth-order valence-corrected chi connectivity index (χ4v) is 2.84. The number of nitrogen functional groups attached to an aromatic ring is 1. The van der Waals surface area contributed by atoms with Crippen LogP contribution in [-0.2, 0) is 9.26 Å². The molecule has 0 saturated carbocycles. The predicted molar refractivity (Wildman–Crippen MR) is 78.9 cm³/mol. The van der Waals surface area contributed by atoms with Gasteiger partial charge in [0.25, 0.3) is 0 Å². The second-order valence-corrected chi connectivity index (χ2v) is 7.42. The van der Waals surface area contributed by atoms with Crippen LogP contribution in [0.15, 0.2) is 12.7 Å². The third-order valence-corrected chi connectivity index (χ3v) is 4.14. The average molecular weight is 331 g/mol. The van der Waals surface area contributed by atoms with E-state index < -0.39 is 26.4 Å². The number of ether oxygens (including phenoxy) is 1. The first-order valence-corrected chi connectivity index (χ1v) is 9.00. The Kier molecular flexibility index (Phi) is 3.98. The Morgan fingerprint density at radius 3 is 2.95 bits per heavy atom. The first-order chi connectivity index (χ1) is 10.3. The topological polar surface area (TPSA) is 149 Å². The zero-order chi connectivity index (χ0) is 15.9. The second kappa shape index (κ2) is 5.65. The van der Waals surface area contributed by atoms with Crippen LogP contribution in [0.2, 0.25) is 0 Å². The Morgan fingerprint density at radius 1 is 1.45 bits per heavy atom. The van der Waals surface area contributed by atoms with Crippen LogP contribution in [0.5, 0.6) is 0 Å². The van der Waals surface area contributed by atoms with Crippen molar-refractivity contribution in [2.45, 2.75) is 24.9 Å². The molecule has 22 heavy (non-hydrogen) atoms. The van der Waals surface area contributed by atoms with Crippen molar-refractivity contribution in [1.29, 1.82) is 0 Å². The molecule has 11 heteroatoms. The van der Waals surface area contributed by atoms with Crippen LogP contribution in [0, 0.1) is 0 Å². The van der Waals surface area contributed by atoms with E-state index in [-0.39, 0.29) is 12.4 Å². The molecule has 0 amide bonds. The summed E-state index contributed by atoms with van der Waals surface area (Å²) in [6.45, 7) is 1.12. The predicted octanol–water partition coefficient (Wildman–Crippen LogP) is -0.817. The molecule has 0 aliphatic carbocycles. The van der Waals surface area contributed by atoms with Crippen molar-refractivity contribution in [3.8, 4) is 0 Å². The second-order valence-electron chi connectivity index (χ2n) is 5.26. The van der Waals surface area contributed by atoms with Crippen LogP contribution in [0.4, 0.5) is 5.82 Å². The van der Waals surface area contributed by atoms with Gasteiger partial charge < -0.3 is 0 Å². The molecule has 1 aliphatic rings. The number of rotatable bonds is 4. The Labute approximate surface area is 126 Å². The van der Waals surface area contributed by atoms with Crippen molar-refractivity contribution >= 4 is 24.9 Å². The number of hydrogen-bond acceptors (Lipinski definition) is 9. The number of aliphatic hydroxyl groups is 1. The molecule has 1 aliphatic heterocycles. The van der Waals surface area contributed by atoms with Crippen molar-refractivity contribution < 1.29 is 24.2 Å². The zero-order valence-corrected chi connectivity index (χ0v) is 12.8. The van der Waals surface area contributed by atoms with Gasteiger partial charge in [0, 0.05) is 0 Å². The van der Waals surface area contributed by atoms with Crippen molar-refractivity contribution in [2.24, 2.45) is 0 Å². The maximum atomic E-state index is 10.0. The third kappa shape index (κ3) is 3.02. The molecule has 0 radical (unpaired) electrons. The molecule has 0 spiro atoms. The molecule has 1 unspecified atom stereocenters. The van der Waals surface area contributed by atoms with Crippen molar-refractivity contribution in [3.05, 3.63) is 12.7 Å². The van der Waals surface area contributed by atoms with Gasteiger partial charge >= 0.3 is 125 Å². The minimum absolute atomic E-state index is 0.100. The molecule has 3 rings (SSSR count). The van der Waals surface area contributed by atoms with Gasteiger partial charge in [-0.2, -0.15) is 0 Å². The summed E-state index contributed by atoms with van der Waals surface area (Å²) >= 11 is 0. The summed E-state index contributed by atoms with van der Waals surface area (Å²) < 4.78 is 12.3. The molecular formula is C11H18N5O5P. The molecule has 5 N–H and O–H groups in total. The Hall–Kier alpha value is -1.42. The number of aromatic nitrogens is 4. The normalized spacial score (nSPS) is 26.6. The van der Waals surface area contributed by atoms with Crippen molar-refractivity contribution in [1.82, 2.24) is 19.5 Å². The van der Waals surface area contributed by atoms with Gasteiger partial charge in [-0.25, -0.2) is 0 Å². The van der Waals surface area contributed by atoms with Crippen LogP contribution in [0.25, 0.3) is 11.2 Å². The van der Waals surface area contributed by atoms with E-state index in [9.17, 15) is 14.9 Å². The van der Waals surface area contributed by atoms with E-state index in [2.05, 4.69) is 15.0 Å². The number of hydrogen-bond donors (Lipinski definition) is 4. The summed E-state index contributed by atoms with van der Waals surface area (Å²) in [5.74, 6) is 0.268. The van der Waals surface area contributed by atoms with Gasteiger partial charge in [0.2, 0.25) is 0 Å². The molecule has 2 aromatic rings. The first kappa shape index (κ1) is 15.5. The monoisotopic (exact) mass is 331 g/mol. The summed E-state index contributed by atoms with van der Waals surface area (Å²) in [7, 11) is -3.64. The Morgan fingerprint density at radius 2 is 2.23 bits per heavy atom. The zero-order valence-electron chi connectivity index (χ0n) is 11.8. The quantitative estimate of drug-likeness (QED) is 0.527. The van der Waals surface area contributed by atoms with Crippen LogP contribution < -0.4 is 5.73 Å². The summed E-state index contributed by atoms with van der Waals surface area (Å²) in [5.41, 5.74) is 6.70. The van der Waals surface area contributed by atoms with Gasteiger partial charge in [-0.3, -0.25) is 0 Å². The summed E-state index contributed by atoms with van der Waals surface area (Å²) in [5, 5.41) is 10.0. The molecule has 10 nitrogen and oxygen atoms in total. The minimum atomic E-state index is -3.64. The molecule has 0 bridgehead atoms. The number of nitrogens with zero attached hydrogens (tertiary/aromatic N) is 4. The van der Waals surface area contributed by atoms with Crippen LogP contribution in [-0.4, -0.2) is 59.9 Å². The van der Waals surface area contributed by atoms with E-state index in [1.807, 2.05) is 0 Å². The van der Waals surface area contributed by atoms with Crippen LogP contribution in [0.1, 0.15) is 12.6 Å². The number of aliphatic hydroxyl groups excluding tert-OH is 1. The molecular weight excluding hydrogens is 313 g/mol. The maximum absolute atomic E-state index is 10.0. The van der Waals surface area contributed by atoms with Gasteiger partial charge in [-0.1, -0.05) is 0 Å². The van der Waals surface area contributed by atoms with Gasteiger partial charge in [0.15, 0.2) is 0 Å². The van der Waals surface area contributed by atoms with E-state index >= 15 is 0 Å². The molecule has 2 aromatic heterocycles. The summed E-state index contributed by atoms with van der Waals surface area (Å²) in [6, 6.07) is 0. The SMILES string of the molecule is C[PH](O)(O)OC[C@H]1O[C@@H](n2cnc3c(N)ncnc32)CC1O. The molecule has 3 atom stereocenters. The fraction of sp³-hybridized carbons (Fsp3) is 0.545. The van der Waals surface area contributed by atoms with Gasteiger partial charge in [-0.05, 0) is 0 Å². The fourth-order valence-electron chi connectivity index (χ4n) is 2.36. The van der Waals surface area contributed by atoms with Gasteiger partial charge in [0.05, 0.1) is 0 Å². The van der Waals surface area contributed by atoms with E-state index in [0.717, 1.165) is 0 Å².